The Kier molecular flexibility index (Phi) is 7.35. The highest BCUT2D eigenvalue weighted by Crippen LogP contribution is 2.24. The molecule has 2 aromatic carbocycles. The van der Waals surface area contributed by atoms with E-state index in [-0.39, 0.29) is 11.7 Å². The Balaban J connectivity index is 1.53. The smallest absolute Gasteiger partial charge is 0.250 e. The molecule has 1 aromatic heterocycles. The van der Waals surface area contributed by atoms with Gasteiger partial charge < -0.3 is 4.57 Å². The lowest BCUT2D eigenvalue weighted by Crippen LogP contribution is -2.19. The largest absolute Gasteiger partial charge is 0.302 e. The average Bonchev–Trinajstić information content (AvgIpc) is 3.16. The molecule has 6 nitrogen and oxygen atoms in total. The van der Waals surface area contributed by atoms with Crippen molar-refractivity contribution < 1.29 is 4.79 Å². The zero-order valence-electron chi connectivity index (χ0n) is 16.4. The van der Waals surface area contributed by atoms with E-state index in [1.54, 1.807) is 12.3 Å². The van der Waals surface area contributed by atoms with E-state index in [0.29, 0.717) is 5.16 Å². The predicted molar refractivity (Wildman–Crippen MR) is 119 cm³/mol. The summed E-state index contributed by atoms with van der Waals surface area (Å²) in [7, 11) is 0. The molecule has 3 rings (SSSR count). The summed E-state index contributed by atoms with van der Waals surface area (Å²) in [6.45, 7) is 4.81. The van der Waals surface area contributed by atoms with Gasteiger partial charge in [0.15, 0.2) is 11.0 Å². The molecule has 0 bridgehead atoms. The van der Waals surface area contributed by atoms with Crippen molar-refractivity contribution >= 4 is 30.0 Å². The average molecular weight is 406 g/mol. The number of rotatable bonds is 8. The highest BCUT2D eigenvalue weighted by atomic mass is 32.2. The van der Waals surface area contributed by atoms with Crippen LogP contribution in [-0.2, 0) is 11.3 Å². The Labute approximate surface area is 174 Å². The Hall–Kier alpha value is -3.19. The number of amides is 1. The first-order valence-corrected chi connectivity index (χ1v) is 10.3. The van der Waals surface area contributed by atoms with Crippen molar-refractivity contribution in [2.24, 2.45) is 5.10 Å². The maximum atomic E-state index is 12.0. The minimum absolute atomic E-state index is 0.193. The molecule has 1 heterocycles. The van der Waals surface area contributed by atoms with Gasteiger partial charge in [-0.3, -0.25) is 4.79 Å². The number of aryl methyl sites for hydroxylation is 1. The molecule has 0 saturated heterocycles. The van der Waals surface area contributed by atoms with Gasteiger partial charge in [0, 0.05) is 18.3 Å². The number of carbonyl (C=O) groups excluding carboxylic acids is 1. The lowest BCUT2D eigenvalue weighted by atomic mass is 10.1. The third-order valence-corrected chi connectivity index (χ3v) is 5.08. The maximum absolute atomic E-state index is 12.0. The molecular weight excluding hydrogens is 382 g/mol. The van der Waals surface area contributed by atoms with Crippen LogP contribution >= 0.6 is 11.8 Å². The molecule has 148 valence electrons. The number of hydrogen-bond donors (Lipinski definition) is 1. The molecule has 0 fully saturated rings. The van der Waals surface area contributed by atoms with Crippen LogP contribution in [0.1, 0.15) is 18.1 Å². The van der Waals surface area contributed by atoms with Gasteiger partial charge in [0.2, 0.25) is 0 Å². The predicted octanol–water partition coefficient (Wildman–Crippen LogP) is 4.18. The molecule has 0 aliphatic heterocycles. The van der Waals surface area contributed by atoms with Crippen LogP contribution in [-0.4, -0.2) is 32.6 Å². The second kappa shape index (κ2) is 10.4. The van der Waals surface area contributed by atoms with Gasteiger partial charge in [0.1, 0.15) is 0 Å². The minimum atomic E-state index is -0.193. The highest BCUT2D eigenvalue weighted by molar-refractivity contribution is 7.99. The van der Waals surface area contributed by atoms with Crippen LogP contribution in [0.2, 0.25) is 0 Å². The molecule has 0 spiro atoms. The van der Waals surface area contributed by atoms with Crippen LogP contribution < -0.4 is 5.43 Å². The molecule has 0 unspecified atom stereocenters. The SMILES string of the molecule is CCn1c(SCC(=O)NN=CC=Cc2ccccc2)nnc1-c1ccc(C)cc1. The molecule has 29 heavy (non-hydrogen) atoms. The quantitative estimate of drug-likeness (QED) is 0.347. The number of hydrogen-bond acceptors (Lipinski definition) is 5. The van der Waals surface area contributed by atoms with E-state index in [2.05, 4.69) is 32.9 Å². The number of carbonyl (C=O) groups is 1. The summed E-state index contributed by atoms with van der Waals surface area (Å²) >= 11 is 1.34. The summed E-state index contributed by atoms with van der Waals surface area (Å²) in [6.07, 6.45) is 5.25. The topological polar surface area (TPSA) is 72.2 Å². The van der Waals surface area contributed by atoms with Crippen LogP contribution in [0, 0.1) is 6.92 Å². The Bertz CT molecular complexity index is 994. The maximum Gasteiger partial charge on any atom is 0.250 e. The monoisotopic (exact) mass is 405 g/mol. The Morgan fingerprint density at radius 1 is 1.14 bits per heavy atom. The first-order valence-electron chi connectivity index (χ1n) is 9.34. The van der Waals surface area contributed by atoms with Crippen molar-refractivity contribution in [3.63, 3.8) is 0 Å². The van der Waals surface area contributed by atoms with E-state index in [0.717, 1.165) is 23.5 Å². The fourth-order valence-electron chi connectivity index (χ4n) is 2.63. The van der Waals surface area contributed by atoms with E-state index in [9.17, 15) is 4.79 Å². The molecule has 0 radical (unpaired) electrons. The van der Waals surface area contributed by atoms with Crippen LogP contribution in [0.5, 0.6) is 0 Å². The van der Waals surface area contributed by atoms with E-state index in [1.807, 2.05) is 67.0 Å². The first kappa shape index (κ1) is 20.5. The zero-order chi connectivity index (χ0) is 20.5. The van der Waals surface area contributed by atoms with Crippen molar-refractivity contribution in [3.05, 3.63) is 71.8 Å². The van der Waals surface area contributed by atoms with Gasteiger partial charge in [-0.25, -0.2) is 5.43 Å². The number of aromatic nitrogens is 3. The molecule has 0 atom stereocenters. The molecule has 0 aliphatic rings. The Morgan fingerprint density at radius 3 is 2.62 bits per heavy atom. The van der Waals surface area contributed by atoms with Crippen molar-refractivity contribution in [3.8, 4) is 11.4 Å². The fourth-order valence-corrected chi connectivity index (χ4v) is 3.42. The molecule has 1 amide bonds. The van der Waals surface area contributed by atoms with Crippen molar-refractivity contribution in [2.45, 2.75) is 25.5 Å². The van der Waals surface area contributed by atoms with Gasteiger partial charge in [0.05, 0.1) is 5.75 Å². The summed E-state index contributed by atoms with van der Waals surface area (Å²) < 4.78 is 2.01. The van der Waals surface area contributed by atoms with E-state index in [1.165, 1.54) is 17.3 Å². The molecule has 1 N–H and O–H groups in total. The lowest BCUT2D eigenvalue weighted by molar-refractivity contribution is -0.118. The lowest BCUT2D eigenvalue weighted by Gasteiger charge is -2.07. The van der Waals surface area contributed by atoms with Crippen LogP contribution in [0.25, 0.3) is 17.5 Å². The highest BCUT2D eigenvalue weighted by Gasteiger charge is 2.14. The number of benzene rings is 2. The number of hydrazone groups is 1. The van der Waals surface area contributed by atoms with Gasteiger partial charge in [-0.15, -0.1) is 10.2 Å². The third kappa shape index (κ3) is 5.89. The third-order valence-electron chi connectivity index (χ3n) is 4.11. The van der Waals surface area contributed by atoms with Gasteiger partial charge in [0.25, 0.3) is 5.91 Å². The standard InChI is InChI=1S/C22H23N5OS/c1-3-27-21(19-13-11-17(2)12-14-19)25-26-22(27)29-16-20(28)24-23-15-7-10-18-8-5-4-6-9-18/h4-15H,3,16H2,1-2H3,(H,24,28). The number of thioether (sulfide) groups is 1. The van der Waals surface area contributed by atoms with E-state index >= 15 is 0 Å². The summed E-state index contributed by atoms with van der Waals surface area (Å²) in [5.74, 6) is 0.826. The van der Waals surface area contributed by atoms with Gasteiger partial charge >= 0.3 is 0 Å². The molecule has 7 heteroatoms. The van der Waals surface area contributed by atoms with Gasteiger partial charge in [-0.05, 0) is 25.5 Å². The van der Waals surface area contributed by atoms with Crippen molar-refractivity contribution in [1.82, 2.24) is 20.2 Å². The van der Waals surface area contributed by atoms with Crippen molar-refractivity contribution in [2.75, 3.05) is 5.75 Å². The van der Waals surface area contributed by atoms with Crippen LogP contribution in [0.4, 0.5) is 0 Å². The van der Waals surface area contributed by atoms with E-state index < -0.39 is 0 Å². The Morgan fingerprint density at radius 2 is 1.90 bits per heavy atom. The summed E-state index contributed by atoms with van der Waals surface area (Å²) in [4.78, 5) is 12.0. The molecular formula is C22H23N5OS. The minimum Gasteiger partial charge on any atom is -0.302 e. The van der Waals surface area contributed by atoms with Crippen LogP contribution in [0.15, 0.2) is 70.9 Å². The first-order chi connectivity index (χ1) is 14.2. The molecule has 0 aliphatic carbocycles. The summed E-state index contributed by atoms with van der Waals surface area (Å²) in [5, 5.41) is 13.2. The van der Waals surface area contributed by atoms with Gasteiger partial charge in [-0.1, -0.05) is 78.0 Å². The summed E-state index contributed by atoms with van der Waals surface area (Å²) in [6, 6.07) is 18.1. The second-order valence-corrected chi connectivity index (χ2v) is 7.23. The number of nitrogens with zero attached hydrogens (tertiary/aromatic N) is 4. The normalized spacial score (nSPS) is 11.4. The van der Waals surface area contributed by atoms with Crippen LogP contribution in [0.3, 0.4) is 0 Å². The van der Waals surface area contributed by atoms with E-state index in [4.69, 9.17) is 0 Å². The zero-order valence-corrected chi connectivity index (χ0v) is 17.3. The van der Waals surface area contributed by atoms with Crippen molar-refractivity contribution in [1.29, 1.82) is 0 Å². The molecule has 0 saturated carbocycles. The molecule has 3 aromatic rings. The second-order valence-electron chi connectivity index (χ2n) is 6.29. The number of nitrogens with one attached hydrogen (secondary N) is 1. The summed E-state index contributed by atoms with van der Waals surface area (Å²) in [5.41, 5.74) is 5.80. The number of allylic oxidation sites excluding steroid dienone is 1. The fraction of sp³-hybridized carbons (Fsp3) is 0.182. The van der Waals surface area contributed by atoms with Gasteiger partial charge in [-0.2, -0.15) is 5.10 Å².